The molecule has 4 nitrogen and oxygen atoms in total. The predicted octanol–water partition coefficient (Wildman–Crippen LogP) is 4.80. The van der Waals surface area contributed by atoms with E-state index in [-0.39, 0.29) is 23.5 Å². The molecule has 2 aliphatic rings. The zero-order valence-corrected chi connectivity index (χ0v) is 17.1. The highest BCUT2D eigenvalue weighted by molar-refractivity contribution is 6.66. The molecule has 0 fully saturated rings. The molecule has 1 aromatic carbocycles. The number of phenols is 1. The van der Waals surface area contributed by atoms with Gasteiger partial charge in [-0.3, -0.25) is 9.59 Å². The number of allylic oxidation sites excluding steroid dienone is 5. The number of hydrogen-bond acceptors (Lipinski definition) is 4. The molecule has 0 saturated carbocycles. The highest BCUT2D eigenvalue weighted by Gasteiger charge is 2.69. The first-order valence-corrected chi connectivity index (χ1v) is 9.37. The van der Waals surface area contributed by atoms with Crippen molar-refractivity contribution in [2.75, 3.05) is 7.11 Å². The minimum Gasteiger partial charge on any atom is -0.508 e. The molecule has 1 aromatic rings. The summed E-state index contributed by atoms with van der Waals surface area (Å²) in [5.41, 5.74) is 0.708. The van der Waals surface area contributed by atoms with Gasteiger partial charge in [0.05, 0.1) is 7.11 Å². The highest BCUT2D eigenvalue weighted by Crippen LogP contribution is 2.61. The van der Waals surface area contributed by atoms with E-state index in [4.69, 9.17) is 51.1 Å². The number of fused-ring (bicyclic) bond motifs is 1. The first kappa shape index (κ1) is 20.3. The van der Waals surface area contributed by atoms with Crippen molar-refractivity contribution < 1.29 is 19.4 Å². The molecule has 0 heterocycles. The lowest BCUT2D eigenvalue weighted by Gasteiger charge is -2.50. The van der Waals surface area contributed by atoms with Crippen LogP contribution in [0.1, 0.15) is 17.9 Å². The van der Waals surface area contributed by atoms with E-state index in [1.54, 1.807) is 18.2 Å². The number of carbonyl (C=O) groups excluding carboxylic acids is 2. The lowest BCUT2D eigenvalue weighted by atomic mass is 9.62. The van der Waals surface area contributed by atoms with Crippen LogP contribution in [0.25, 0.3) is 0 Å². The van der Waals surface area contributed by atoms with Crippen molar-refractivity contribution in [3.8, 4) is 11.5 Å². The van der Waals surface area contributed by atoms with Gasteiger partial charge in [0.1, 0.15) is 31.3 Å². The summed E-state index contributed by atoms with van der Waals surface area (Å²) in [6, 6.07) is 4.59. The summed E-state index contributed by atoms with van der Waals surface area (Å²) in [5, 5.41) is 9.60. The van der Waals surface area contributed by atoms with Gasteiger partial charge in [0, 0.05) is 11.5 Å². The molecule has 3 atom stereocenters. The Morgan fingerprint density at radius 3 is 2.44 bits per heavy atom. The highest BCUT2D eigenvalue weighted by atomic mass is 35.5. The van der Waals surface area contributed by atoms with E-state index in [1.807, 2.05) is 0 Å². The molecule has 2 aliphatic carbocycles. The standard InChI is InChI=1S/C19H14Cl4O4/c1-3-9-7-8-18(22)16(25)14(20)15(21)17(26)19(18,23)13(9)12-10(24)5-4-6-11(12)27-2/h3-7,13,24H,1,8H2,2H3. The fourth-order valence-corrected chi connectivity index (χ4v) is 5.09. The minimum atomic E-state index is -2.04. The average molecular weight is 448 g/mol. The molecule has 3 rings (SSSR count). The molecule has 27 heavy (non-hydrogen) atoms. The lowest BCUT2D eigenvalue weighted by molar-refractivity contribution is -0.127. The molecule has 3 unspecified atom stereocenters. The number of Topliss-reactive ketones (excluding diaryl/α,β-unsaturated/α-hetero) is 2. The second-order valence-electron chi connectivity index (χ2n) is 6.24. The average Bonchev–Trinajstić information content (AvgIpc) is 2.66. The van der Waals surface area contributed by atoms with Crippen molar-refractivity contribution in [3.63, 3.8) is 0 Å². The van der Waals surface area contributed by atoms with Crippen molar-refractivity contribution in [3.05, 3.63) is 58.1 Å². The molecular weight excluding hydrogens is 434 g/mol. The van der Waals surface area contributed by atoms with E-state index in [0.29, 0.717) is 5.57 Å². The third-order valence-electron chi connectivity index (χ3n) is 5.00. The molecule has 0 spiro atoms. The van der Waals surface area contributed by atoms with Crippen LogP contribution in [0.4, 0.5) is 0 Å². The number of hydrogen-bond donors (Lipinski definition) is 1. The van der Waals surface area contributed by atoms with Gasteiger partial charge in [-0.1, -0.05) is 48.0 Å². The molecule has 142 valence electrons. The maximum atomic E-state index is 13.2. The van der Waals surface area contributed by atoms with E-state index in [2.05, 4.69) is 6.58 Å². The fraction of sp³-hybridized carbons (Fsp3) is 0.263. The van der Waals surface area contributed by atoms with Crippen molar-refractivity contribution in [2.24, 2.45) is 0 Å². The van der Waals surface area contributed by atoms with Crippen LogP contribution in [0.2, 0.25) is 0 Å². The van der Waals surface area contributed by atoms with E-state index in [9.17, 15) is 14.7 Å². The zero-order chi connectivity index (χ0) is 20.1. The topological polar surface area (TPSA) is 63.6 Å². The first-order chi connectivity index (χ1) is 12.6. The Balaban J connectivity index is 2.41. The van der Waals surface area contributed by atoms with E-state index in [0.717, 1.165) is 0 Å². The van der Waals surface area contributed by atoms with Crippen LogP contribution in [0.5, 0.6) is 11.5 Å². The van der Waals surface area contributed by atoms with Gasteiger partial charge in [-0.05, 0) is 24.1 Å². The van der Waals surface area contributed by atoms with Crippen LogP contribution in [-0.4, -0.2) is 33.5 Å². The molecule has 0 aliphatic heterocycles. The van der Waals surface area contributed by atoms with Gasteiger partial charge in [0.2, 0.25) is 0 Å². The molecular formula is C19H14Cl4O4. The molecule has 1 N–H and O–H groups in total. The number of benzene rings is 1. The Hall–Kier alpha value is -1.46. The van der Waals surface area contributed by atoms with Gasteiger partial charge in [0.15, 0.2) is 11.6 Å². The first-order valence-electron chi connectivity index (χ1n) is 7.86. The van der Waals surface area contributed by atoms with Crippen LogP contribution in [0.15, 0.2) is 52.6 Å². The van der Waals surface area contributed by atoms with Gasteiger partial charge in [-0.15, -0.1) is 23.2 Å². The van der Waals surface area contributed by atoms with Crippen LogP contribution >= 0.6 is 46.4 Å². The second kappa shape index (κ2) is 6.85. The normalized spacial score (nSPS) is 30.7. The summed E-state index contributed by atoms with van der Waals surface area (Å²) < 4.78 is 5.35. The third-order valence-corrected chi connectivity index (χ3v) is 7.25. The second-order valence-corrected chi connectivity index (χ2v) is 8.23. The Labute approximate surface area is 176 Å². The van der Waals surface area contributed by atoms with Crippen molar-refractivity contribution in [1.82, 2.24) is 0 Å². The number of aromatic hydroxyl groups is 1. The van der Waals surface area contributed by atoms with Crippen LogP contribution in [0, 0.1) is 0 Å². The third kappa shape index (κ3) is 2.58. The quantitative estimate of drug-likeness (QED) is 0.676. The number of carbonyl (C=O) groups is 2. The molecule has 0 amide bonds. The summed E-state index contributed by atoms with van der Waals surface area (Å²) >= 11 is 25.5. The van der Waals surface area contributed by atoms with E-state index >= 15 is 0 Å². The van der Waals surface area contributed by atoms with Crippen molar-refractivity contribution >= 4 is 58.0 Å². The number of halogens is 4. The molecule has 0 radical (unpaired) electrons. The zero-order valence-electron chi connectivity index (χ0n) is 14.1. The lowest BCUT2D eigenvalue weighted by Crippen LogP contribution is -2.64. The molecule has 0 aromatic heterocycles. The number of ketones is 2. The number of alkyl halides is 2. The summed E-state index contributed by atoms with van der Waals surface area (Å²) in [7, 11) is 1.41. The van der Waals surface area contributed by atoms with Gasteiger partial charge < -0.3 is 9.84 Å². The molecule has 8 heteroatoms. The Morgan fingerprint density at radius 2 is 1.85 bits per heavy atom. The maximum absolute atomic E-state index is 13.2. The van der Waals surface area contributed by atoms with Gasteiger partial charge in [0.25, 0.3) is 0 Å². The Bertz CT molecular complexity index is 936. The molecule has 0 bridgehead atoms. The number of methoxy groups -OCH3 is 1. The monoisotopic (exact) mass is 446 g/mol. The predicted molar refractivity (Wildman–Crippen MR) is 106 cm³/mol. The van der Waals surface area contributed by atoms with Crippen LogP contribution < -0.4 is 4.74 Å². The number of ether oxygens (including phenoxy) is 1. The number of phenolic OH excluding ortho intramolecular Hbond substituents is 1. The van der Waals surface area contributed by atoms with E-state index < -0.39 is 37.3 Å². The summed E-state index contributed by atoms with van der Waals surface area (Å²) in [6.07, 6.45) is 3.07. The van der Waals surface area contributed by atoms with Crippen LogP contribution in [-0.2, 0) is 9.59 Å². The maximum Gasteiger partial charge on any atom is 0.200 e. The SMILES string of the molecule is C=CC1=CCC2(Cl)C(=O)C(Cl)=C(Cl)C(=O)C2(Cl)C1c1c(O)cccc1OC. The van der Waals surface area contributed by atoms with Gasteiger partial charge >= 0.3 is 0 Å². The Morgan fingerprint density at radius 1 is 1.22 bits per heavy atom. The minimum absolute atomic E-state index is 0.0587. The summed E-state index contributed by atoms with van der Waals surface area (Å²) in [5.74, 6) is -2.50. The van der Waals surface area contributed by atoms with Crippen molar-refractivity contribution in [2.45, 2.75) is 22.1 Å². The smallest absolute Gasteiger partial charge is 0.200 e. The fourth-order valence-electron chi connectivity index (χ4n) is 3.65. The summed E-state index contributed by atoms with van der Waals surface area (Å²) in [4.78, 5) is 22.1. The Kier molecular flexibility index (Phi) is 5.15. The van der Waals surface area contributed by atoms with Crippen molar-refractivity contribution in [1.29, 1.82) is 0 Å². The van der Waals surface area contributed by atoms with E-state index in [1.165, 1.54) is 19.3 Å². The number of rotatable bonds is 3. The molecule has 0 saturated heterocycles. The largest absolute Gasteiger partial charge is 0.508 e. The van der Waals surface area contributed by atoms with Gasteiger partial charge in [-0.25, -0.2) is 0 Å². The summed E-state index contributed by atoms with van der Waals surface area (Å²) in [6.45, 7) is 3.76. The van der Waals surface area contributed by atoms with Crippen LogP contribution in [0.3, 0.4) is 0 Å². The van der Waals surface area contributed by atoms with Gasteiger partial charge in [-0.2, -0.15) is 0 Å².